The van der Waals surface area contributed by atoms with E-state index in [1.807, 2.05) is 0 Å². The zero-order valence-corrected chi connectivity index (χ0v) is 14.5. The summed E-state index contributed by atoms with van der Waals surface area (Å²) in [5, 5.41) is 31.2. The Bertz CT molecular complexity index is 411. The van der Waals surface area contributed by atoms with Gasteiger partial charge in [0.1, 0.15) is 0 Å². The topological polar surface area (TPSA) is 60.7 Å². The maximum atomic E-state index is 10.7. The monoisotopic (exact) mass is 310 g/mol. The van der Waals surface area contributed by atoms with Crippen LogP contribution in [-0.4, -0.2) is 33.6 Å². The van der Waals surface area contributed by atoms with Crippen LogP contribution in [0.15, 0.2) is 0 Å². The molecule has 0 aromatic heterocycles. The molecule has 3 aliphatic rings. The summed E-state index contributed by atoms with van der Waals surface area (Å²) in [6.45, 7) is 6.67. The van der Waals surface area contributed by atoms with E-state index in [-0.39, 0.29) is 35.1 Å². The van der Waals surface area contributed by atoms with Gasteiger partial charge in [-0.25, -0.2) is 0 Å². The van der Waals surface area contributed by atoms with E-state index in [4.69, 9.17) is 0 Å². The molecule has 0 radical (unpaired) electrons. The summed E-state index contributed by atoms with van der Waals surface area (Å²) in [4.78, 5) is 0. The Morgan fingerprint density at radius 3 is 2.45 bits per heavy atom. The van der Waals surface area contributed by atoms with Gasteiger partial charge in [-0.1, -0.05) is 20.8 Å². The summed E-state index contributed by atoms with van der Waals surface area (Å²) in [6.07, 6.45) is 7.00. The van der Waals surface area contributed by atoms with Gasteiger partial charge < -0.3 is 15.3 Å². The molecule has 3 fully saturated rings. The number of aliphatic hydroxyl groups excluding tert-OH is 3. The SMILES string of the molecule is CCC(O)C1(C)CCC2C(CC(O)C3CC(O)CCC32C)C1. The summed E-state index contributed by atoms with van der Waals surface area (Å²) < 4.78 is 0. The van der Waals surface area contributed by atoms with Crippen molar-refractivity contribution in [1.29, 1.82) is 0 Å². The fraction of sp³-hybridized carbons (Fsp3) is 1.00. The number of rotatable bonds is 2. The largest absolute Gasteiger partial charge is 0.393 e. The van der Waals surface area contributed by atoms with Crippen molar-refractivity contribution in [3.05, 3.63) is 0 Å². The maximum Gasteiger partial charge on any atom is 0.0591 e. The van der Waals surface area contributed by atoms with Crippen LogP contribution in [0.2, 0.25) is 0 Å². The van der Waals surface area contributed by atoms with E-state index in [0.717, 1.165) is 44.9 Å². The van der Waals surface area contributed by atoms with Crippen LogP contribution in [0.1, 0.15) is 72.1 Å². The van der Waals surface area contributed by atoms with Crippen molar-refractivity contribution >= 4 is 0 Å². The van der Waals surface area contributed by atoms with E-state index in [1.165, 1.54) is 6.42 Å². The summed E-state index contributed by atoms with van der Waals surface area (Å²) in [6, 6.07) is 0. The lowest BCUT2D eigenvalue weighted by atomic mass is 9.46. The molecule has 0 bridgehead atoms. The molecular weight excluding hydrogens is 276 g/mol. The molecule has 3 N–H and O–H groups in total. The van der Waals surface area contributed by atoms with Crippen LogP contribution < -0.4 is 0 Å². The highest BCUT2D eigenvalue weighted by atomic mass is 16.3. The van der Waals surface area contributed by atoms with Crippen molar-refractivity contribution in [3.8, 4) is 0 Å². The van der Waals surface area contributed by atoms with Gasteiger partial charge in [-0.2, -0.15) is 0 Å². The molecule has 3 aliphatic carbocycles. The Kier molecular flexibility index (Phi) is 4.37. The van der Waals surface area contributed by atoms with Gasteiger partial charge in [-0.3, -0.25) is 0 Å². The van der Waals surface area contributed by atoms with Crippen LogP contribution in [0, 0.1) is 28.6 Å². The van der Waals surface area contributed by atoms with Crippen molar-refractivity contribution in [1.82, 2.24) is 0 Å². The molecule has 0 heterocycles. The van der Waals surface area contributed by atoms with Crippen molar-refractivity contribution < 1.29 is 15.3 Å². The Morgan fingerprint density at radius 1 is 1.05 bits per heavy atom. The lowest BCUT2D eigenvalue weighted by Gasteiger charge is -2.60. The Labute approximate surface area is 135 Å². The molecule has 0 aromatic rings. The average molecular weight is 310 g/mol. The molecule has 0 amide bonds. The van der Waals surface area contributed by atoms with E-state index in [1.54, 1.807) is 0 Å². The Balaban J connectivity index is 1.82. The zero-order chi connectivity index (χ0) is 16.1. The van der Waals surface area contributed by atoms with Gasteiger partial charge >= 0.3 is 0 Å². The Hall–Kier alpha value is -0.120. The van der Waals surface area contributed by atoms with Crippen LogP contribution in [0.3, 0.4) is 0 Å². The minimum atomic E-state index is -0.276. The molecule has 0 aromatic carbocycles. The summed E-state index contributed by atoms with van der Waals surface area (Å²) in [5.41, 5.74) is 0.201. The van der Waals surface area contributed by atoms with Crippen LogP contribution >= 0.6 is 0 Å². The fourth-order valence-corrected chi connectivity index (χ4v) is 6.35. The van der Waals surface area contributed by atoms with Gasteiger partial charge in [-0.05, 0) is 80.0 Å². The summed E-state index contributed by atoms with van der Waals surface area (Å²) in [7, 11) is 0. The van der Waals surface area contributed by atoms with Crippen LogP contribution in [-0.2, 0) is 0 Å². The minimum Gasteiger partial charge on any atom is -0.393 e. The zero-order valence-electron chi connectivity index (χ0n) is 14.5. The molecule has 3 nitrogen and oxygen atoms in total. The van der Waals surface area contributed by atoms with Crippen molar-refractivity contribution in [2.45, 2.75) is 90.4 Å². The van der Waals surface area contributed by atoms with E-state index in [2.05, 4.69) is 20.8 Å². The van der Waals surface area contributed by atoms with Crippen LogP contribution in [0.25, 0.3) is 0 Å². The molecule has 0 spiro atoms. The predicted octanol–water partition coefficient (Wildman–Crippen LogP) is 3.11. The third kappa shape index (κ3) is 2.53. The second kappa shape index (κ2) is 5.75. The van der Waals surface area contributed by atoms with Crippen LogP contribution in [0.5, 0.6) is 0 Å². The molecule has 3 heteroatoms. The van der Waals surface area contributed by atoms with Crippen molar-refractivity contribution in [2.24, 2.45) is 28.6 Å². The second-order valence-electron chi connectivity index (χ2n) is 9.03. The standard InChI is InChI=1S/C19H34O3/c1-4-17(22)18(2)7-6-14-12(11-18)9-16(21)15-10-13(20)5-8-19(14,15)3/h12-17,20-22H,4-11H2,1-3H3. The molecule has 22 heavy (non-hydrogen) atoms. The fourth-order valence-electron chi connectivity index (χ4n) is 6.35. The molecule has 8 atom stereocenters. The smallest absolute Gasteiger partial charge is 0.0591 e. The molecule has 8 unspecified atom stereocenters. The summed E-state index contributed by atoms with van der Waals surface area (Å²) >= 11 is 0. The number of hydrogen-bond acceptors (Lipinski definition) is 3. The van der Waals surface area contributed by atoms with Gasteiger partial charge in [-0.15, -0.1) is 0 Å². The Morgan fingerprint density at radius 2 is 1.77 bits per heavy atom. The van der Waals surface area contributed by atoms with Gasteiger partial charge in [0, 0.05) is 0 Å². The molecule has 0 saturated heterocycles. The first-order valence-electron chi connectivity index (χ1n) is 9.34. The quantitative estimate of drug-likeness (QED) is 0.734. The van der Waals surface area contributed by atoms with Crippen molar-refractivity contribution in [2.75, 3.05) is 0 Å². The van der Waals surface area contributed by atoms with Crippen LogP contribution in [0.4, 0.5) is 0 Å². The number of hydrogen-bond donors (Lipinski definition) is 3. The van der Waals surface area contributed by atoms with Gasteiger partial charge in [0.15, 0.2) is 0 Å². The van der Waals surface area contributed by atoms with E-state index < -0.39 is 0 Å². The molecular formula is C19H34O3. The second-order valence-corrected chi connectivity index (χ2v) is 9.03. The molecule has 128 valence electrons. The number of aliphatic hydroxyl groups is 3. The first-order chi connectivity index (χ1) is 10.3. The highest BCUT2D eigenvalue weighted by Crippen LogP contribution is 2.61. The van der Waals surface area contributed by atoms with Crippen molar-refractivity contribution in [3.63, 3.8) is 0 Å². The molecule has 3 saturated carbocycles. The first kappa shape index (κ1) is 16.7. The van der Waals surface area contributed by atoms with Gasteiger partial charge in [0.25, 0.3) is 0 Å². The average Bonchev–Trinajstić information content (AvgIpc) is 2.48. The predicted molar refractivity (Wildman–Crippen MR) is 87.3 cm³/mol. The molecule has 0 aliphatic heterocycles. The highest BCUT2D eigenvalue weighted by molar-refractivity contribution is 5.06. The van der Waals surface area contributed by atoms with E-state index in [9.17, 15) is 15.3 Å². The minimum absolute atomic E-state index is 0.0208. The first-order valence-corrected chi connectivity index (χ1v) is 9.34. The maximum absolute atomic E-state index is 10.7. The van der Waals surface area contributed by atoms with Gasteiger partial charge in [0.2, 0.25) is 0 Å². The summed E-state index contributed by atoms with van der Waals surface area (Å²) in [5.74, 6) is 1.45. The number of fused-ring (bicyclic) bond motifs is 3. The van der Waals surface area contributed by atoms with Gasteiger partial charge in [0.05, 0.1) is 18.3 Å². The normalized spacial score (nSPS) is 53.5. The lowest BCUT2D eigenvalue weighted by Crippen LogP contribution is -2.56. The highest BCUT2D eigenvalue weighted by Gasteiger charge is 2.56. The third-order valence-electron chi connectivity index (χ3n) is 7.76. The third-order valence-corrected chi connectivity index (χ3v) is 7.76. The molecule has 3 rings (SSSR count). The van der Waals surface area contributed by atoms with E-state index in [0.29, 0.717) is 11.8 Å². The lowest BCUT2D eigenvalue weighted by molar-refractivity contribution is -0.162. The van der Waals surface area contributed by atoms with E-state index >= 15 is 0 Å².